The topological polar surface area (TPSA) is 29.1 Å². The largest absolute Gasteiger partial charge is 0.380 e. The van der Waals surface area contributed by atoms with Gasteiger partial charge in [0.25, 0.3) is 0 Å². The van der Waals surface area contributed by atoms with E-state index >= 15 is 0 Å². The Bertz CT molecular complexity index is 401. The fourth-order valence-electron chi connectivity index (χ4n) is 1.77. The van der Waals surface area contributed by atoms with Gasteiger partial charge < -0.3 is 5.32 Å². The average molecular weight is 245 g/mol. The molecule has 1 heterocycles. The van der Waals surface area contributed by atoms with Gasteiger partial charge in [0.2, 0.25) is 0 Å². The first-order valence-corrected chi connectivity index (χ1v) is 6.70. The molecule has 1 fully saturated rings. The van der Waals surface area contributed by atoms with Crippen molar-refractivity contribution in [2.45, 2.75) is 18.9 Å². The number of hydrogen-bond acceptors (Lipinski definition) is 2. The highest BCUT2D eigenvalue weighted by molar-refractivity contribution is 7.85. The number of benzene rings is 1. The van der Waals surface area contributed by atoms with E-state index in [2.05, 4.69) is 5.32 Å². The quantitative estimate of drug-likeness (QED) is 0.866. The van der Waals surface area contributed by atoms with E-state index in [1.807, 2.05) is 0 Å². The number of nitrogens with one attached hydrogen (secondary N) is 1. The Morgan fingerprint density at radius 1 is 1.25 bits per heavy atom. The maximum atomic E-state index is 13.3. The van der Waals surface area contributed by atoms with Crippen molar-refractivity contribution in [1.29, 1.82) is 0 Å². The van der Waals surface area contributed by atoms with E-state index in [0.717, 1.165) is 31.0 Å². The van der Waals surface area contributed by atoms with Gasteiger partial charge >= 0.3 is 0 Å². The second kappa shape index (κ2) is 4.91. The van der Waals surface area contributed by atoms with Gasteiger partial charge in [0.05, 0.1) is 5.69 Å². The lowest BCUT2D eigenvalue weighted by molar-refractivity contribution is 0.589. The van der Waals surface area contributed by atoms with Crippen molar-refractivity contribution in [2.24, 2.45) is 0 Å². The van der Waals surface area contributed by atoms with Crippen LogP contribution in [-0.2, 0) is 10.8 Å². The average Bonchev–Trinajstić information content (AvgIpc) is 2.27. The molecule has 1 saturated heterocycles. The van der Waals surface area contributed by atoms with E-state index < -0.39 is 22.4 Å². The van der Waals surface area contributed by atoms with E-state index in [1.165, 1.54) is 0 Å². The van der Waals surface area contributed by atoms with Crippen molar-refractivity contribution >= 4 is 16.5 Å². The zero-order valence-electron chi connectivity index (χ0n) is 8.71. The van der Waals surface area contributed by atoms with Crippen LogP contribution in [0.25, 0.3) is 0 Å². The van der Waals surface area contributed by atoms with Crippen molar-refractivity contribution in [1.82, 2.24) is 0 Å². The summed E-state index contributed by atoms with van der Waals surface area (Å²) in [6, 6.07) is 3.45. The summed E-state index contributed by atoms with van der Waals surface area (Å²) < 4.78 is 37.4. The van der Waals surface area contributed by atoms with Gasteiger partial charge in [-0.25, -0.2) is 8.78 Å². The highest BCUT2D eigenvalue weighted by Crippen LogP contribution is 2.20. The molecule has 1 aromatic carbocycles. The van der Waals surface area contributed by atoms with Gasteiger partial charge in [0.15, 0.2) is 0 Å². The third-order valence-corrected chi connectivity index (χ3v) is 4.06. The monoisotopic (exact) mass is 245 g/mol. The van der Waals surface area contributed by atoms with Crippen LogP contribution in [0.3, 0.4) is 0 Å². The summed E-state index contributed by atoms with van der Waals surface area (Å²) in [7, 11) is -0.736. The van der Waals surface area contributed by atoms with Crippen molar-refractivity contribution in [3.05, 3.63) is 29.8 Å². The van der Waals surface area contributed by atoms with Crippen LogP contribution in [0.2, 0.25) is 0 Å². The van der Waals surface area contributed by atoms with Crippen molar-refractivity contribution < 1.29 is 13.0 Å². The predicted molar refractivity (Wildman–Crippen MR) is 60.9 cm³/mol. The van der Waals surface area contributed by atoms with Crippen LogP contribution < -0.4 is 5.32 Å². The summed E-state index contributed by atoms with van der Waals surface area (Å²) in [6.07, 6.45) is 1.48. The molecule has 88 valence electrons. The van der Waals surface area contributed by atoms with Crippen LogP contribution >= 0.6 is 0 Å². The van der Waals surface area contributed by atoms with Gasteiger partial charge in [0, 0.05) is 28.3 Å². The maximum absolute atomic E-state index is 13.3. The van der Waals surface area contributed by atoms with Crippen LogP contribution in [0.1, 0.15) is 12.8 Å². The normalized spacial score (nSPS) is 25.4. The summed E-state index contributed by atoms with van der Waals surface area (Å²) >= 11 is 0. The molecule has 0 bridgehead atoms. The molecule has 0 aromatic heterocycles. The summed E-state index contributed by atoms with van der Waals surface area (Å²) in [5.41, 5.74) is 0.192. The van der Waals surface area contributed by atoms with Gasteiger partial charge in [-0.2, -0.15) is 0 Å². The third kappa shape index (κ3) is 2.78. The molecule has 1 aliphatic rings. The number of halogens is 2. The molecular weight excluding hydrogens is 232 g/mol. The maximum Gasteiger partial charge on any atom is 0.146 e. The van der Waals surface area contributed by atoms with E-state index in [1.54, 1.807) is 0 Å². The SMILES string of the molecule is O=S1CCC(Nc2cc(F)ccc2F)CC1. The van der Waals surface area contributed by atoms with Crippen molar-refractivity contribution in [3.63, 3.8) is 0 Å². The van der Waals surface area contributed by atoms with Crippen LogP contribution in [0, 0.1) is 11.6 Å². The third-order valence-electron chi connectivity index (χ3n) is 2.68. The van der Waals surface area contributed by atoms with Crippen LogP contribution in [0.5, 0.6) is 0 Å². The molecule has 2 nitrogen and oxygen atoms in total. The van der Waals surface area contributed by atoms with Crippen molar-refractivity contribution in [3.8, 4) is 0 Å². The Morgan fingerprint density at radius 2 is 1.94 bits per heavy atom. The molecule has 0 spiro atoms. The lowest BCUT2D eigenvalue weighted by Crippen LogP contribution is -2.29. The Morgan fingerprint density at radius 3 is 2.62 bits per heavy atom. The highest BCUT2D eigenvalue weighted by atomic mass is 32.2. The van der Waals surface area contributed by atoms with E-state index in [-0.39, 0.29) is 11.7 Å². The van der Waals surface area contributed by atoms with Crippen LogP contribution in [0.4, 0.5) is 14.5 Å². The molecule has 16 heavy (non-hydrogen) atoms. The summed E-state index contributed by atoms with van der Waals surface area (Å²) in [6.45, 7) is 0. The molecule has 0 saturated carbocycles. The van der Waals surface area contributed by atoms with E-state index in [0.29, 0.717) is 11.5 Å². The Hall–Kier alpha value is -0.970. The first-order valence-electron chi connectivity index (χ1n) is 5.22. The summed E-state index contributed by atoms with van der Waals surface area (Å²) in [5, 5.41) is 2.96. The van der Waals surface area contributed by atoms with Crippen LogP contribution in [-0.4, -0.2) is 21.8 Å². The van der Waals surface area contributed by atoms with Gasteiger partial charge in [0.1, 0.15) is 11.6 Å². The fourth-order valence-corrected chi connectivity index (χ4v) is 3.07. The van der Waals surface area contributed by atoms with E-state index in [9.17, 15) is 13.0 Å². The molecule has 0 amide bonds. The molecule has 5 heteroatoms. The molecule has 0 unspecified atom stereocenters. The number of hydrogen-bond donors (Lipinski definition) is 1. The van der Waals surface area contributed by atoms with Gasteiger partial charge in [-0.15, -0.1) is 0 Å². The lowest BCUT2D eigenvalue weighted by Gasteiger charge is -2.23. The molecule has 0 radical (unpaired) electrons. The number of rotatable bonds is 2. The predicted octanol–water partition coefficient (Wildman–Crippen LogP) is 2.29. The minimum absolute atomic E-state index is 0.0917. The first kappa shape index (κ1) is 11.5. The zero-order chi connectivity index (χ0) is 11.5. The molecule has 0 atom stereocenters. The van der Waals surface area contributed by atoms with Crippen molar-refractivity contribution in [2.75, 3.05) is 16.8 Å². The summed E-state index contributed by atoms with van der Waals surface area (Å²) in [4.78, 5) is 0. The second-order valence-electron chi connectivity index (χ2n) is 3.89. The standard InChI is InChI=1S/C11H13F2NOS/c12-8-1-2-10(13)11(7-8)14-9-3-5-16(15)6-4-9/h1-2,7,9,14H,3-6H2. The Balaban J connectivity index is 2.03. The smallest absolute Gasteiger partial charge is 0.146 e. The Labute approximate surface area is 95.5 Å². The minimum atomic E-state index is -0.736. The molecule has 1 N–H and O–H groups in total. The molecule has 0 aliphatic carbocycles. The zero-order valence-corrected chi connectivity index (χ0v) is 9.53. The fraction of sp³-hybridized carbons (Fsp3) is 0.455. The molecule has 1 aromatic rings. The molecular formula is C11H13F2NOS. The van der Waals surface area contributed by atoms with Crippen LogP contribution in [0.15, 0.2) is 18.2 Å². The van der Waals surface area contributed by atoms with E-state index in [4.69, 9.17) is 0 Å². The first-order chi connectivity index (χ1) is 7.65. The minimum Gasteiger partial charge on any atom is -0.380 e. The summed E-state index contributed by atoms with van der Waals surface area (Å²) in [5.74, 6) is 0.361. The van der Waals surface area contributed by atoms with Gasteiger partial charge in [-0.3, -0.25) is 4.21 Å². The lowest BCUT2D eigenvalue weighted by atomic mass is 10.1. The molecule has 2 rings (SSSR count). The number of anilines is 1. The van der Waals surface area contributed by atoms with Gasteiger partial charge in [-0.1, -0.05) is 0 Å². The highest BCUT2D eigenvalue weighted by Gasteiger charge is 2.18. The second-order valence-corrected chi connectivity index (χ2v) is 5.59. The molecule has 1 aliphatic heterocycles. The van der Waals surface area contributed by atoms with Gasteiger partial charge in [-0.05, 0) is 31.0 Å². The Kier molecular flexibility index (Phi) is 3.53.